The van der Waals surface area contributed by atoms with E-state index in [2.05, 4.69) is 11.7 Å². The van der Waals surface area contributed by atoms with Crippen molar-refractivity contribution in [3.63, 3.8) is 0 Å². The third kappa shape index (κ3) is 7.58. The van der Waals surface area contributed by atoms with Gasteiger partial charge in [0.05, 0.1) is 0 Å². The molecule has 1 aromatic heterocycles. The third-order valence-corrected chi connectivity index (χ3v) is 9.13. The van der Waals surface area contributed by atoms with Crippen molar-refractivity contribution in [3.05, 3.63) is 77.7 Å². The van der Waals surface area contributed by atoms with Gasteiger partial charge >= 0.3 is 226 Å². The second kappa shape index (κ2) is 12.8. The number of nitrogens with one attached hydrogen (secondary N) is 1. The number of carbonyl (C=O) groups is 2. The normalized spacial score (nSPS) is 13.9. The number of hydrogen-bond donors (Lipinski definition) is 2. The van der Waals surface area contributed by atoms with Gasteiger partial charge in [0, 0.05) is 0 Å². The Balaban J connectivity index is 1.87. The Kier molecular flexibility index (Phi) is 9.98. The SMILES string of the molecule is C=CCOC(=O)c1cc2cc([C@H](F)[PH](O)(N[C@@H](C)C(=O)OCC(C)(C)OC)Oc3ccccc3)ccc2s1. The minimum atomic E-state index is -4.51. The van der Waals surface area contributed by atoms with E-state index in [0.29, 0.717) is 10.3 Å². The number of fused-ring (bicyclic) bond motifs is 1. The fourth-order valence-corrected chi connectivity index (χ4v) is 6.48. The number of alkyl halides is 1. The molecular weight excluding hydrogens is 532 g/mol. The molecule has 0 saturated heterocycles. The molecule has 8 nitrogen and oxygen atoms in total. The van der Waals surface area contributed by atoms with E-state index in [0.717, 1.165) is 4.70 Å². The second-order valence-corrected chi connectivity index (χ2v) is 12.7. The summed E-state index contributed by atoms with van der Waals surface area (Å²) >= 11 is 1.21. The molecule has 2 aromatic carbocycles. The summed E-state index contributed by atoms with van der Waals surface area (Å²) in [7, 11) is -3.01. The maximum absolute atomic E-state index is 16.1. The number of methoxy groups -OCH3 is 1. The number of benzene rings is 2. The van der Waals surface area contributed by atoms with Crippen LogP contribution in [0.25, 0.3) is 10.1 Å². The van der Waals surface area contributed by atoms with Gasteiger partial charge in [0.1, 0.15) is 0 Å². The van der Waals surface area contributed by atoms with Gasteiger partial charge in [0.25, 0.3) is 0 Å². The number of ether oxygens (including phenoxy) is 3. The molecule has 0 fully saturated rings. The number of carbonyl (C=O) groups excluding carboxylic acids is 2. The Morgan fingerprint density at radius 1 is 1.18 bits per heavy atom. The van der Waals surface area contributed by atoms with Crippen LogP contribution in [0.2, 0.25) is 0 Å². The fourth-order valence-electron chi connectivity index (χ4n) is 3.37. The van der Waals surface area contributed by atoms with Crippen LogP contribution in [-0.4, -0.2) is 48.8 Å². The molecule has 0 aliphatic rings. The first kappa shape index (κ1) is 29.7. The molecule has 0 aliphatic heterocycles. The first-order chi connectivity index (χ1) is 18.0. The van der Waals surface area contributed by atoms with Gasteiger partial charge in [-0.3, -0.25) is 0 Å². The Hall–Kier alpha value is -2.88. The standard InChI is InChI=1S/C27H33FNO7PS/c1-6-14-34-26(31)23-16-20-15-19(12-13-22(20)38-23)24(28)37(32,36-21-10-8-7-9-11-21)29-18(2)25(30)35-17-27(3,4)33-5/h6-13,15-16,18,24,29,32,37H,1,14,17H2,2-5H3/t18-,24+/m0/s1. The zero-order chi connectivity index (χ0) is 27.9. The van der Waals surface area contributed by atoms with E-state index in [1.54, 1.807) is 62.4 Å². The Morgan fingerprint density at radius 2 is 1.89 bits per heavy atom. The summed E-state index contributed by atoms with van der Waals surface area (Å²) in [6.45, 7) is 8.54. The van der Waals surface area contributed by atoms with Crippen LogP contribution < -0.4 is 9.61 Å². The maximum atomic E-state index is 16.1. The average molecular weight is 566 g/mol. The topological polar surface area (TPSA) is 103 Å². The summed E-state index contributed by atoms with van der Waals surface area (Å²) < 4.78 is 38.3. The molecule has 0 saturated carbocycles. The number of halogens is 1. The molecule has 1 heterocycles. The molecule has 38 heavy (non-hydrogen) atoms. The van der Waals surface area contributed by atoms with Crippen LogP contribution in [0.5, 0.6) is 5.75 Å². The molecule has 2 atom stereocenters. The van der Waals surface area contributed by atoms with Gasteiger partial charge in [0.15, 0.2) is 0 Å². The number of esters is 2. The second-order valence-electron chi connectivity index (χ2n) is 9.21. The fraction of sp³-hybridized carbons (Fsp3) is 0.333. The van der Waals surface area contributed by atoms with Gasteiger partial charge in [0.2, 0.25) is 0 Å². The summed E-state index contributed by atoms with van der Waals surface area (Å²) in [5.41, 5.74) is -0.584. The van der Waals surface area contributed by atoms with Crippen LogP contribution in [0.4, 0.5) is 4.39 Å². The van der Waals surface area contributed by atoms with Crippen LogP contribution in [0.1, 0.15) is 41.9 Å². The molecular formula is C27H33FNO7PS. The summed E-state index contributed by atoms with van der Waals surface area (Å²) in [4.78, 5) is 36.8. The van der Waals surface area contributed by atoms with E-state index in [-0.39, 0.29) is 24.5 Å². The van der Waals surface area contributed by atoms with Crippen LogP contribution in [0.3, 0.4) is 0 Å². The van der Waals surface area contributed by atoms with Crippen molar-refractivity contribution < 1.29 is 37.6 Å². The average Bonchev–Trinajstić information content (AvgIpc) is 3.34. The van der Waals surface area contributed by atoms with Gasteiger partial charge in [-0.05, 0) is 0 Å². The van der Waals surface area contributed by atoms with E-state index >= 15 is 4.39 Å². The summed E-state index contributed by atoms with van der Waals surface area (Å²) in [6, 6.07) is 13.5. The zero-order valence-electron chi connectivity index (χ0n) is 21.7. The van der Waals surface area contributed by atoms with E-state index in [1.807, 2.05) is 0 Å². The monoisotopic (exact) mass is 565 g/mol. The number of para-hydroxylation sites is 1. The number of rotatable bonds is 13. The van der Waals surface area contributed by atoms with Crippen LogP contribution in [0, 0.1) is 0 Å². The van der Waals surface area contributed by atoms with Gasteiger partial charge in [-0.2, -0.15) is 0 Å². The number of thiophene rings is 1. The molecule has 3 aromatic rings. The Morgan fingerprint density at radius 3 is 2.55 bits per heavy atom. The van der Waals surface area contributed by atoms with Crippen molar-refractivity contribution in [2.24, 2.45) is 0 Å². The number of hydrogen-bond acceptors (Lipinski definition) is 9. The molecule has 206 valence electrons. The molecule has 0 amide bonds. The van der Waals surface area contributed by atoms with Crippen molar-refractivity contribution in [1.29, 1.82) is 0 Å². The Bertz CT molecular complexity index is 1270. The third-order valence-electron chi connectivity index (χ3n) is 5.62. The molecule has 0 spiro atoms. The minimum absolute atomic E-state index is 0.0284. The van der Waals surface area contributed by atoms with Gasteiger partial charge in [-0.25, -0.2) is 0 Å². The first-order valence-corrected chi connectivity index (χ1v) is 14.6. The molecule has 0 unspecified atom stereocenters. The molecule has 2 N–H and O–H groups in total. The summed E-state index contributed by atoms with van der Waals surface area (Å²) in [5, 5.41) is 3.29. The Labute approximate surface area is 225 Å². The summed E-state index contributed by atoms with van der Waals surface area (Å²) in [5.74, 6) is -2.97. The predicted octanol–water partition coefficient (Wildman–Crippen LogP) is 5.72. The summed E-state index contributed by atoms with van der Waals surface area (Å²) in [6.07, 6.45) is 1.47. The van der Waals surface area contributed by atoms with E-state index in [1.165, 1.54) is 37.5 Å². The molecule has 0 aliphatic carbocycles. The van der Waals surface area contributed by atoms with Gasteiger partial charge < -0.3 is 0 Å². The van der Waals surface area contributed by atoms with Crippen LogP contribution >= 0.6 is 19.2 Å². The zero-order valence-corrected chi connectivity index (χ0v) is 23.5. The van der Waals surface area contributed by atoms with Crippen LogP contribution in [-0.2, 0) is 19.0 Å². The van der Waals surface area contributed by atoms with E-state index in [4.69, 9.17) is 18.7 Å². The van der Waals surface area contributed by atoms with Crippen molar-refractivity contribution in [2.75, 3.05) is 20.3 Å². The molecule has 0 bridgehead atoms. The van der Waals surface area contributed by atoms with Crippen molar-refractivity contribution in [2.45, 2.75) is 38.3 Å². The predicted molar refractivity (Wildman–Crippen MR) is 148 cm³/mol. The quantitative estimate of drug-likeness (QED) is 0.154. The molecule has 0 radical (unpaired) electrons. The van der Waals surface area contributed by atoms with Crippen molar-refractivity contribution in [1.82, 2.24) is 5.09 Å². The molecule has 3 rings (SSSR count). The first-order valence-electron chi connectivity index (χ1n) is 11.9. The van der Waals surface area contributed by atoms with E-state index < -0.39 is 37.4 Å². The van der Waals surface area contributed by atoms with Gasteiger partial charge in [-0.15, -0.1) is 0 Å². The van der Waals surface area contributed by atoms with Crippen LogP contribution in [0.15, 0.2) is 67.3 Å². The molecule has 11 heteroatoms. The van der Waals surface area contributed by atoms with Crippen molar-refractivity contribution >= 4 is 41.2 Å². The van der Waals surface area contributed by atoms with E-state index in [9.17, 15) is 14.5 Å². The van der Waals surface area contributed by atoms with Crippen molar-refractivity contribution in [3.8, 4) is 5.75 Å². The van der Waals surface area contributed by atoms with Gasteiger partial charge in [-0.1, -0.05) is 0 Å².